The monoisotopic (exact) mass is 482 g/mol. The molecule has 186 valence electrons. The highest BCUT2D eigenvalue weighted by atomic mass is 16.7. The molecule has 1 saturated carbocycles. The van der Waals surface area contributed by atoms with Crippen LogP contribution in [0.4, 0.5) is 0 Å². The molecule has 35 heavy (non-hydrogen) atoms. The number of Topliss-reactive ketones (excluding diaryl/α,β-unsaturated/α-hetero) is 2. The lowest BCUT2D eigenvalue weighted by atomic mass is 9.51. The van der Waals surface area contributed by atoms with Crippen LogP contribution in [0.3, 0.4) is 0 Å². The maximum atomic E-state index is 14.1. The Labute approximate surface area is 204 Å². The van der Waals surface area contributed by atoms with Crippen LogP contribution >= 0.6 is 0 Å². The van der Waals surface area contributed by atoms with E-state index in [1.807, 2.05) is 33.8 Å². The van der Waals surface area contributed by atoms with Gasteiger partial charge in [0.1, 0.15) is 22.8 Å². The van der Waals surface area contributed by atoms with Crippen LogP contribution in [0.1, 0.15) is 57.8 Å². The Morgan fingerprint density at radius 1 is 1.20 bits per heavy atom. The van der Waals surface area contributed by atoms with E-state index < -0.39 is 28.7 Å². The minimum absolute atomic E-state index is 0.0421. The highest BCUT2D eigenvalue weighted by Crippen LogP contribution is 2.67. The fraction of sp³-hybridized carbons (Fsp3) is 0.519. The lowest BCUT2D eigenvalue weighted by Gasteiger charge is -2.56. The predicted molar refractivity (Wildman–Crippen MR) is 125 cm³/mol. The maximum Gasteiger partial charge on any atom is 0.308 e. The van der Waals surface area contributed by atoms with Crippen molar-refractivity contribution in [2.24, 2.45) is 11.8 Å². The van der Waals surface area contributed by atoms with Crippen molar-refractivity contribution < 1.29 is 38.1 Å². The van der Waals surface area contributed by atoms with Crippen molar-refractivity contribution in [3.05, 3.63) is 41.0 Å². The van der Waals surface area contributed by atoms with Gasteiger partial charge in [0.15, 0.2) is 29.6 Å². The van der Waals surface area contributed by atoms with E-state index in [9.17, 15) is 14.4 Å². The highest BCUT2D eigenvalue weighted by molar-refractivity contribution is 6.18. The van der Waals surface area contributed by atoms with Gasteiger partial charge in [0, 0.05) is 50.0 Å². The molecule has 8 nitrogen and oxygen atoms in total. The van der Waals surface area contributed by atoms with Crippen LogP contribution in [0.25, 0.3) is 0 Å². The lowest BCUT2D eigenvalue weighted by molar-refractivity contribution is -0.171. The van der Waals surface area contributed by atoms with Crippen molar-refractivity contribution >= 4 is 17.5 Å². The third-order valence-corrected chi connectivity index (χ3v) is 7.54. The topological polar surface area (TPSA) is 97.4 Å². The fourth-order valence-electron chi connectivity index (χ4n) is 6.30. The van der Waals surface area contributed by atoms with Gasteiger partial charge in [-0.2, -0.15) is 0 Å². The van der Waals surface area contributed by atoms with E-state index in [0.717, 1.165) is 5.57 Å². The minimum Gasteiger partial charge on any atom is -0.477 e. The summed E-state index contributed by atoms with van der Waals surface area (Å²) in [5.74, 6) is -1.11. The first-order chi connectivity index (χ1) is 16.5. The molecule has 4 bridgehead atoms. The molecule has 8 heteroatoms. The van der Waals surface area contributed by atoms with Crippen molar-refractivity contribution in [3.63, 3.8) is 0 Å². The first kappa shape index (κ1) is 23.8. The molecule has 6 rings (SSSR count). The Kier molecular flexibility index (Phi) is 5.27. The van der Waals surface area contributed by atoms with Gasteiger partial charge in [0.2, 0.25) is 0 Å². The van der Waals surface area contributed by atoms with E-state index in [2.05, 4.69) is 0 Å². The number of carbonyl (C=O) groups is 3. The van der Waals surface area contributed by atoms with Gasteiger partial charge in [0.25, 0.3) is 0 Å². The average molecular weight is 483 g/mol. The first-order valence-corrected chi connectivity index (χ1v) is 11.8. The summed E-state index contributed by atoms with van der Waals surface area (Å²) in [6.45, 7) is 9.03. The number of ether oxygens (including phenoxy) is 5. The summed E-state index contributed by atoms with van der Waals surface area (Å²) in [7, 11) is 1.48. The van der Waals surface area contributed by atoms with Crippen molar-refractivity contribution in [2.45, 2.75) is 64.3 Å². The summed E-state index contributed by atoms with van der Waals surface area (Å²) in [4.78, 5) is 39.8. The van der Waals surface area contributed by atoms with E-state index in [1.165, 1.54) is 20.1 Å². The molecule has 0 amide bonds. The number of methoxy groups -OCH3 is 1. The van der Waals surface area contributed by atoms with Crippen molar-refractivity contribution in [1.82, 2.24) is 0 Å². The summed E-state index contributed by atoms with van der Waals surface area (Å²) >= 11 is 0. The van der Waals surface area contributed by atoms with E-state index in [-0.39, 0.29) is 41.3 Å². The number of hydrogen-bond acceptors (Lipinski definition) is 8. The molecule has 2 fully saturated rings. The van der Waals surface area contributed by atoms with Gasteiger partial charge in [-0.15, -0.1) is 0 Å². The number of ketones is 2. The molecule has 5 aliphatic rings. The zero-order chi connectivity index (χ0) is 25.3. The number of esters is 1. The third kappa shape index (κ3) is 3.16. The molecule has 1 spiro atoms. The lowest BCUT2D eigenvalue weighted by Crippen LogP contribution is -2.72. The average Bonchev–Trinajstić information content (AvgIpc) is 2.93. The Balaban J connectivity index is 1.75. The van der Waals surface area contributed by atoms with E-state index >= 15 is 0 Å². The largest absolute Gasteiger partial charge is 0.477 e. The van der Waals surface area contributed by atoms with E-state index in [1.54, 1.807) is 12.1 Å². The Morgan fingerprint density at radius 3 is 2.60 bits per heavy atom. The second-order valence-electron chi connectivity index (χ2n) is 10.5. The van der Waals surface area contributed by atoms with Gasteiger partial charge in [0.05, 0.1) is 5.60 Å². The van der Waals surface area contributed by atoms with Crippen LogP contribution in [0, 0.1) is 11.8 Å². The summed E-state index contributed by atoms with van der Waals surface area (Å²) in [5, 5.41) is 0. The molecule has 0 radical (unpaired) electrons. The van der Waals surface area contributed by atoms with E-state index in [4.69, 9.17) is 23.7 Å². The predicted octanol–water partition coefficient (Wildman–Crippen LogP) is 3.96. The molecule has 2 aliphatic heterocycles. The van der Waals surface area contributed by atoms with Crippen molar-refractivity contribution in [1.29, 1.82) is 0 Å². The summed E-state index contributed by atoms with van der Waals surface area (Å²) in [6, 6.07) is 3.05. The molecule has 4 atom stereocenters. The quantitative estimate of drug-likeness (QED) is 0.260. The Bertz CT molecular complexity index is 1200. The Hall–Kier alpha value is -2.97. The fourth-order valence-corrected chi connectivity index (χ4v) is 6.30. The zero-order valence-electron chi connectivity index (χ0n) is 20.9. The molecule has 1 aromatic carbocycles. The number of fused-ring (bicyclic) bond motifs is 1. The third-order valence-electron chi connectivity index (χ3n) is 7.54. The molecular formula is C27H30O8. The first-order valence-electron chi connectivity index (χ1n) is 11.8. The van der Waals surface area contributed by atoms with Gasteiger partial charge in [-0.3, -0.25) is 14.4 Å². The molecule has 1 saturated heterocycles. The standard InChI is InChI=1S/C27H30O8/c1-14(2)7-8-26-24(30)16-9-18-23(29)22-19(33-15(3)28)11-17(32-13-31-6)12-20(22)34-27(18,26)21(10-16)25(4,5)35-26/h7,9,11-12,16,21H,8,10,13H2,1-6H3/t16-,21+,26+,27-/m1/s1. The summed E-state index contributed by atoms with van der Waals surface area (Å²) < 4.78 is 29.4. The summed E-state index contributed by atoms with van der Waals surface area (Å²) in [6.07, 6.45) is 4.53. The van der Waals surface area contributed by atoms with Crippen LogP contribution in [0.2, 0.25) is 0 Å². The van der Waals surface area contributed by atoms with Gasteiger partial charge in [-0.25, -0.2) is 0 Å². The van der Waals surface area contributed by atoms with Gasteiger partial charge >= 0.3 is 5.97 Å². The molecule has 1 aromatic rings. The van der Waals surface area contributed by atoms with Crippen LogP contribution in [0.5, 0.6) is 17.2 Å². The van der Waals surface area contributed by atoms with Gasteiger partial charge in [-0.05, 0) is 34.1 Å². The van der Waals surface area contributed by atoms with Gasteiger partial charge < -0.3 is 23.7 Å². The van der Waals surface area contributed by atoms with Crippen LogP contribution in [-0.2, 0) is 19.1 Å². The number of carbonyl (C=O) groups excluding carboxylic acids is 3. The molecule has 3 aliphatic carbocycles. The SMILES string of the molecule is COCOc1cc(OC(C)=O)c2c(c1)O[C@]13C(=C[C@@H]4C[C@H]1C(C)(C)O[C@@]3(CC=C(C)C)C4=O)C2=O. The molecule has 2 heterocycles. The number of allylic oxidation sites excluding steroid dienone is 2. The normalized spacial score (nSPS) is 31.2. The maximum absolute atomic E-state index is 14.1. The highest BCUT2D eigenvalue weighted by Gasteiger charge is 2.81. The Morgan fingerprint density at radius 2 is 1.94 bits per heavy atom. The van der Waals surface area contributed by atoms with Crippen LogP contribution in [0.15, 0.2) is 35.4 Å². The molecule has 0 aromatic heterocycles. The van der Waals surface area contributed by atoms with Crippen molar-refractivity contribution in [2.75, 3.05) is 13.9 Å². The van der Waals surface area contributed by atoms with Crippen molar-refractivity contribution in [3.8, 4) is 17.2 Å². The van der Waals surface area contributed by atoms with Crippen LogP contribution in [-0.4, -0.2) is 48.2 Å². The number of hydrogen-bond donors (Lipinski definition) is 0. The molecular weight excluding hydrogens is 452 g/mol. The molecule has 0 N–H and O–H groups in total. The number of benzene rings is 1. The molecule has 0 unspecified atom stereocenters. The summed E-state index contributed by atoms with van der Waals surface area (Å²) in [5.41, 5.74) is -1.78. The van der Waals surface area contributed by atoms with Crippen LogP contribution < -0.4 is 14.2 Å². The smallest absolute Gasteiger partial charge is 0.308 e. The minimum atomic E-state index is -1.34. The zero-order valence-corrected chi connectivity index (χ0v) is 20.9. The second kappa shape index (κ2) is 7.77. The number of rotatable bonds is 6. The second-order valence-corrected chi connectivity index (χ2v) is 10.5. The van der Waals surface area contributed by atoms with Gasteiger partial charge in [-0.1, -0.05) is 17.7 Å². The van der Waals surface area contributed by atoms with E-state index in [0.29, 0.717) is 24.2 Å².